The maximum atomic E-state index is 13.6. The van der Waals surface area contributed by atoms with Crippen molar-refractivity contribution in [2.45, 2.75) is 19.9 Å². The first kappa shape index (κ1) is 17.4. The van der Waals surface area contributed by atoms with Gasteiger partial charge in [0, 0.05) is 23.9 Å². The highest BCUT2D eigenvalue weighted by Crippen LogP contribution is 2.31. The van der Waals surface area contributed by atoms with Gasteiger partial charge in [-0.2, -0.15) is 0 Å². The van der Waals surface area contributed by atoms with Gasteiger partial charge in [-0.1, -0.05) is 25.1 Å². The van der Waals surface area contributed by atoms with Crippen molar-refractivity contribution in [3.8, 4) is 0 Å². The number of aryl methyl sites for hydroxylation is 1. The number of ketones is 1. The van der Waals surface area contributed by atoms with Crippen LogP contribution in [0.1, 0.15) is 28.6 Å². The van der Waals surface area contributed by atoms with Crippen molar-refractivity contribution in [3.05, 3.63) is 65.2 Å². The minimum Gasteiger partial charge on any atom is -0.461 e. The Kier molecular flexibility index (Phi) is 4.28. The average Bonchev–Trinajstić information content (AvgIpc) is 3.12. The molecule has 27 heavy (non-hydrogen) atoms. The normalized spacial score (nSPS) is 13.9. The zero-order valence-electron chi connectivity index (χ0n) is 15.2. The van der Waals surface area contributed by atoms with Crippen LogP contribution in [-0.4, -0.2) is 30.3 Å². The molecule has 1 aliphatic heterocycles. The standard InChI is InChI=1S/C21H19FN2O3/c1-3-18-16(14-6-4-5-7-19(14)27-18)11-23(2)12-24-17-10-13(22)8-9-15(17)20(25)21(24)26/h4-10H,3,11-12H2,1-2H3. The number of carbonyl (C=O) groups excluding carboxylic acids is 2. The molecule has 0 saturated heterocycles. The fourth-order valence-electron chi connectivity index (χ4n) is 3.58. The Morgan fingerprint density at radius 1 is 1.15 bits per heavy atom. The molecule has 5 nitrogen and oxygen atoms in total. The summed E-state index contributed by atoms with van der Waals surface area (Å²) < 4.78 is 19.5. The predicted molar refractivity (Wildman–Crippen MR) is 100 cm³/mol. The Bertz CT molecular complexity index is 1060. The SMILES string of the molecule is CCc1oc2ccccc2c1CN(C)CN1C(=O)C(=O)c2ccc(F)cc21. The Hall–Kier alpha value is -2.99. The average molecular weight is 366 g/mol. The Morgan fingerprint density at radius 3 is 2.70 bits per heavy atom. The minimum absolute atomic E-state index is 0.184. The third-order valence-corrected chi connectivity index (χ3v) is 4.85. The second kappa shape index (κ2) is 6.63. The minimum atomic E-state index is -0.629. The van der Waals surface area contributed by atoms with E-state index >= 15 is 0 Å². The third kappa shape index (κ3) is 2.92. The lowest BCUT2D eigenvalue weighted by Crippen LogP contribution is -2.39. The maximum Gasteiger partial charge on any atom is 0.300 e. The fraction of sp³-hybridized carbons (Fsp3) is 0.238. The molecule has 0 saturated carbocycles. The van der Waals surface area contributed by atoms with Crippen LogP contribution in [0.3, 0.4) is 0 Å². The molecule has 0 fully saturated rings. The quantitative estimate of drug-likeness (QED) is 0.646. The highest BCUT2D eigenvalue weighted by Gasteiger charge is 2.36. The lowest BCUT2D eigenvalue weighted by Gasteiger charge is -2.24. The zero-order chi connectivity index (χ0) is 19.1. The number of nitrogens with zero attached hydrogens (tertiary/aromatic N) is 2. The third-order valence-electron chi connectivity index (χ3n) is 4.85. The van der Waals surface area contributed by atoms with Crippen molar-refractivity contribution in [1.82, 2.24) is 4.90 Å². The van der Waals surface area contributed by atoms with E-state index in [4.69, 9.17) is 4.42 Å². The van der Waals surface area contributed by atoms with Crippen LogP contribution in [0, 0.1) is 5.82 Å². The lowest BCUT2D eigenvalue weighted by molar-refractivity contribution is -0.114. The van der Waals surface area contributed by atoms with E-state index in [9.17, 15) is 14.0 Å². The number of amides is 1. The van der Waals surface area contributed by atoms with Gasteiger partial charge in [-0.3, -0.25) is 19.4 Å². The second-order valence-corrected chi connectivity index (χ2v) is 6.73. The molecule has 2 aromatic carbocycles. The van der Waals surface area contributed by atoms with E-state index in [1.165, 1.54) is 23.1 Å². The zero-order valence-corrected chi connectivity index (χ0v) is 15.2. The number of Topliss-reactive ketones (excluding diaryl/α,β-unsaturated/α-hetero) is 1. The predicted octanol–water partition coefficient (Wildman–Crippen LogP) is 3.75. The van der Waals surface area contributed by atoms with Crippen molar-refractivity contribution in [1.29, 1.82) is 0 Å². The molecule has 0 N–H and O–H groups in total. The molecule has 0 radical (unpaired) electrons. The van der Waals surface area contributed by atoms with Gasteiger partial charge < -0.3 is 4.42 Å². The summed E-state index contributed by atoms with van der Waals surface area (Å²) in [5.41, 5.74) is 2.47. The number of fused-ring (bicyclic) bond motifs is 2. The molecule has 1 amide bonds. The molecule has 0 aliphatic carbocycles. The van der Waals surface area contributed by atoms with E-state index in [1.807, 2.05) is 43.1 Å². The topological polar surface area (TPSA) is 53.8 Å². The number of hydrogen-bond acceptors (Lipinski definition) is 4. The van der Waals surface area contributed by atoms with E-state index in [0.717, 1.165) is 28.7 Å². The summed E-state index contributed by atoms with van der Waals surface area (Å²) in [7, 11) is 1.86. The first-order chi connectivity index (χ1) is 13.0. The summed E-state index contributed by atoms with van der Waals surface area (Å²) in [5, 5.41) is 1.04. The van der Waals surface area contributed by atoms with Gasteiger partial charge in [-0.05, 0) is 31.3 Å². The summed E-state index contributed by atoms with van der Waals surface area (Å²) in [4.78, 5) is 27.7. The second-order valence-electron chi connectivity index (χ2n) is 6.73. The molecule has 0 spiro atoms. The van der Waals surface area contributed by atoms with E-state index in [2.05, 4.69) is 0 Å². The van der Waals surface area contributed by atoms with Crippen LogP contribution in [0.4, 0.5) is 10.1 Å². The summed E-state index contributed by atoms with van der Waals surface area (Å²) in [6.45, 7) is 2.76. The molecule has 2 heterocycles. The first-order valence-corrected chi connectivity index (χ1v) is 8.83. The van der Waals surface area contributed by atoms with Crippen molar-refractivity contribution in [2.75, 3.05) is 18.6 Å². The molecule has 0 bridgehead atoms. The monoisotopic (exact) mass is 366 g/mol. The molecule has 0 atom stereocenters. The van der Waals surface area contributed by atoms with Gasteiger partial charge >= 0.3 is 5.91 Å². The van der Waals surface area contributed by atoms with Gasteiger partial charge in [0.2, 0.25) is 0 Å². The van der Waals surface area contributed by atoms with Gasteiger partial charge in [0.1, 0.15) is 17.2 Å². The van der Waals surface area contributed by atoms with Crippen molar-refractivity contribution in [2.24, 2.45) is 0 Å². The number of carbonyl (C=O) groups is 2. The lowest BCUT2D eigenvalue weighted by atomic mass is 10.1. The van der Waals surface area contributed by atoms with Crippen LogP contribution >= 0.6 is 0 Å². The number of anilines is 1. The van der Waals surface area contributed by atoms with Crippen LogP contribution in [0.5, 0.6) is 0 Å². The van der Waals surface area contributed by atoms with Gasteiger partial charge in [0.15, 0.2) is 0 Å². The van der Waals surface area contributed by atoms with Crippen LogP contribution in [0.2, 0.25) is 0 Å². The van der Waals surface area contributed by atoms with Crippen LogP contribution < -0.4 is 4.90 Å². The number of benzene rings is 2. The number of para-hydroxylation sites is 1. The van der Waals surface area contributed by atoms with Crippen LogP contribution in [-0.2, 0) is 17.8 Å². The van der Waals surface area contributed by atoms with Gasteiger partial charge in [0.25, 0.3) is 5.78 Å². The molecule has 0 unspecified atom stereocenters. The molecule has 138 valence electrons. The molecular weight excluding hydrogens is 347 g/mol. The van der Waals surface area contributed by atoms with Crippen molar-refractivity contribution >= 4 is 28.3 Å². The van der Waals surface area contributed by atoms with Crippen LogP contribution in [0.15, 0.2) is 46.9 Å². The molecule has 1 aromatic heterocycles. The smallest absolute Gasteiger partial charge is 0.300 e. The molecule has 3 aromatic rings. The van der Waals surface area contributed by atoms with Crippen LogP contribution in [0.25, 0.3) is 11.0 Å². The van der Waals surface area contributed by atoms with Gasteiger partial charge in [-0.15, -0.1) is 0 Å². The van der Waals surface area contributed by atoms with Gasteiger partial charge in [-0.25, -0.2) is 4.39 Å². The Labute approximate surface area is 156 Å². The fourth-order valence-corrected chi connectivity index (χ4v) is 3.58. The van der Waals surface area contributed by atoms with Crippen molar-refractivity contribution in [3.63, 3.8) is 0 Å². The molecular formula is C21H19FN2O3. The molecule has 6 heteroatoms. The van der Waals surface area contributed by atoms with Crippen molar-refractivity contribution < 1.29 is 18.4 Å². The van der Waals surface area contributed by atoms with Gasteiger partial charge in [0.05, 0.1) is 17.9 Å². The molecule has 4 rings (SSSR count). The van der Waals surface area contributed by atoms with E-state index in [0.29, 0.717) is 12.2 Å². The number of furan rings is 1. The number of rotatable bonds is 5. The maximum absolute atomic E-state index is 13.6. The summed E-state index contributed by atoms with van der Waals surface area (Å²) >= 11 is 0. The molecule has 1 aliphatic rings. The first-order valence-electron chi connectivity index (χ1n) is 8.83. The summed E-state index contributed by atoms with van der Waals surface area (Å²) in [6.07, 6.45) is 0.757. The number of halogens is 1. The van der Waals surface area contributed by atoms with E-state index in [1.54, 1.807) is 0 Å². The number of hydrogen-bond donors (Lipinski definition) is 0. The van der Waals surface area contributed by atoms with E-state index < -0.39 is 17.5 Å². The Balaban J connectivity index is 1.61. The van der Waals surface area contributed by atoms with E-state index in [-0.39, 0.29) is 12.2 Å². The summed E-state index contributed by atoms with van der Waals surface area (Å²) in [5.74, 6) is -0.798. The summed E-state index contributed by atoms with van der Waals surface area (Å²) in [6, 6.07) is 11.6. The largest absolute Gasteiger partial charge is 0.461 e. The highest BCUT2D eigenvalue weighted by atomic mass is 19.1. The highest BCUT2D eigenvalue weighted by molar-refractivity contribution is 6.52. The Morgan fingerprint density at radius 2 is 1.93 bits per heavy atom.